The minimum absolute atomic E-state index is 0.0814. The van der Waals surface area contributed by atoms with Crippen LogP contribution in [0, 0.1) is 10.1 Å². The standard InChI is InChI=1S/C14H14BrN3O2/c1-2-9-7-10(15)3-5-13(9)17-11-4-6-14(18(19)20)12(16)8-11/h3-8,17H,2,16H2,1H3. The third kappa shape index (κ3) is 3.08. The van der Waals surface area contributed by atoms with Crippen LogP contribution in [0.3, 0.4) is 0 Å². The van der Waals surface area contributed by atoms with Crippen LogP contribution < -0.4 is 11.1 Å². The number of nitrogens with one attached hydrogen (secondary N) is 1. The van der Waals surface area contributed by atoms with Gasteiger partial charge in [-0.15, -0.1) is 0 Å². The largest absolute Gasteiger partial charge is 0.393 e. The van der Waals surface area contributed by atoms with Crippen LogP contribution in [0.4, 0.5) is 22.7 Å². The first-order chi connectivity index (χ1) is 9.51. The van der Waals surface area contributed by atoms with Crippen molar-refractivity contribution in [2.45, 2.75) is 13.3 Å². The number of hydrogen-bond acceptors (Lipinski definition) is 4. The summed E-state index contributed by atoms with van der Waals surface area (Å²) in [7, 11) is 0. The van der Waals surface area contributed by atoms with Crippen molar-refractivity contribution >= 4 is 38.7 Å². The second-order valence-corrected chi connectivity index (χ2v) is 5.23. The van der Waals surface area contributed by atoms with Gasteiger partial charge in [0.05, 0.1) is 4.92 Å². The normalized spacial score (nSPS) is 10.3. The molecule has 104 valence electrons. The molecule has 0 amide bonds. The average Bonchev–Trinajstić information content (AvgIpc) is 2.40. The highest BCUT2D eigenvalue weighted by molar-refractivity contribution is 9.10. The lowest BCUT2D eigenvalue weighted by molar-refractivity contribution is -0.383. The molecule has 0 aromatic heterocycles. The Morgan fingerprint density at radius 3 is 2.65 bits per heavy atom. The van der Waals surface area contributed by atoms with Gasteiger partial charge in [0.15, 0.2) is 0 Å². The quantitative estimate of drug-likeness (QED) is 0.497. The van der Waals surface area contributed by atoms with Crippen LogP contribution in [0.2, 0.25) is 0 Å². The Morgan fingerprint density at radius 2 is 2.05 bits per heavy atom. The van der Waals surface area contributed by atoms with E-state index in [0.29, 0.717) is 0 Å². The van der Waals surface area contributed by atoms with E-state index in [2.05, 4.69) is 28.2 Å². The lowest BCUT2D eigenvalue weighted by Gasteiger charge is -2.12. The van der Waals surface area contributed by atoms with Crippen LogP contribution in [0.25, 0.3) is 0 Å². The number of hydrogen-bond donors (Lipinski definition) is 2. The van der Waals surface area contributed by atoms with Crippen LogP contribution in [0.5, 0.6) is 0 Å². The molecular formula is C14H14BrN3O2. The number of nitro benzene ring substituents is 1. The van der Waals surface area contributed by atoms with Crippen LogP contribution >= 0.6 is 15.9 Å². The molecular weight excluding hydrogens is 322 g/mol. The topological polar surface area (TPSA) is 81.2 Å². The second kappa shape index (κ2) is 5.92. The Kier molecular flexibility index (Phi) is 4.24. The zero-order valence-corrected chi connectivity index (χ0v) is 12.5. The van der Waals surface area contributed by atoms with Crippen molar-refractivity contribution in [3.8, 4) is 0 Å². The van der Waals surface area contributed by atoms with Crippen molar-refractivity contribution in [2.24, 2.45) is 0 Å². The lowest BCUT2D eigenvalue weighted by Crippen LogP contribution is -1.99. The number of halogens is 1. The summed E-state index contributed by atoms with van der Waals surface area (Å²) in [5.74, 6) is 0. The fourth-order valence-corrected chi connectivity index (χ4v) is 2.34. The zero-order chi connectivity index (χ0) is 14.7. The first-order valence-corrected chi connectivity index (χ1v) is 6.90. The molecule has 2 rings (SSSR count). The summed E-state index contributed by atoms with van der Waals surface area (Å²) in [5, 5.41) is 14.0. The maximum Gasteiger partial charge on any atom is 0.292 e. The third-order valence-electron chi connectivity index (χ3n) is 2.95. The van der Waals surface area contributed by atoms with Crippen LogP contribution in [0.1, 0.15) is 12.5 Å². The molecule has 5 nitrogen and oxygen atoms in total. The van der Waals surface area contributed by atoms with Gasteiger partial charge < -0.3 is 11.1 Å². The van der Waals surface area contributed by atoms with Crippen LogP contribution in [-0.4, -0.2) is 4.92 Å². The Hall–Kier alpha value is -2.08. The van der Waals surface area contributed by atoms with Crippen molar-refractivity contribution in [1.82, 2.24) is 0 Å². The molecule has 0 saturated heterocycles. The number of nitrogens with zero attached hydrogens (tertiary/aromatic N) is 1. The molecule has 0 aliphatic heterocycles. The van der Waals surface area contributed by atoms with Crippen molar-refractivity contribution in [3.63, 3.8) is 0 Å². The summed E-state index contributed by atoms with van der Waals surface area (Å²) < 4.78 is 1.02. The van der Waals surface area contributed by atoms with Crippen LogP contribution in [-0.2, 0) is 6.42 Å². The fourth-order valence-electron chi connectivity index (χ4n) is 1.93. The fraction of sp³-hybridized carbons (Fsp3) is 0.143. The number of anilines is 3. The van der Waals surface area contributed by atoms with Crippen molar-refractivity contribution in [3.05, 3.63) is 56.5 Å². The Bertz CT molecular complexity index is 659. The first kappa shape index (κ1) is 14.3. The maximum atomic E-state index is 10.7. The van der Waals surface area contributed by atoms with Gasteiger partial charge in [-0.1, -0.05) is 22.9 Å². The van der Waals surface area contributed by atoms with Crippen molar-refractivity contribution < 1.29 is 4.92 Å². The SMILES string of the molecule is CCc1cc(Br)ccc1Nc1ccc([N+](=O)[O-])c(N)c1. The predicted octanol–water partition coefficient (Wildman–Crippen LogP) is 4.25. The van der Waals surface area contributed by atoms with Gasteiger partial charge in [0.1, 0.15) is 5.69 Å². The summed E-state index contributed by atoms with van der Waals surface area (Å²) in [6.07, 6.45) is 0.879. The van der Waals surface area contributed by atoms with E-state index in [4.69, 9.17) is 5.73 Å². The molecule has 0 atom stereocenters. The van der Waals surface area contributed by atoms with Gasteiger partial charge in [0, 0.05) is 21.9 Å². The summed E-state index contributed by atoms with van der Waals surface area (Å²) in [5.41, 5.74) is 8.59. The van der Waals surface area contributed by atoms with Gasteiger partial charge in [-0.25, -0.2) is 0 Å². The van der Waals surface area contributed by atoms with E-state index in [-0.39, 0.29) is 11.4 Å². The number of aryl methyl sites for hydroxylation is 1. The lowest BCUT2D eigenvalue weighted by atomic mass is 10.1. The highest BCUT2D eigenvalue weighted by atomic mass is 79.9. The predicted molar refractivity (Wildman–Crippen MR) is 84.3 cm³/mol. The molecule has 2 aromatic carbocycles. The van der Waals surface area contributed by atoms with Crippen molar-refractivity contribution in [2.75, 3.05) is 11.1 Å². The van der Waals surface area contributed by atoms with Gasteiger partial charge >= 0.3 is 0 Å². The Balaban J connectivity index is 2.31. The van der Waals surface area contributed by atoms with Gasteiger partial charge in [0.2, 0.25) is 0 Å². The third-order valence-corrected chi connectivity index (χ3v) is 3.44. The van der Waals surface area contributed by atoms with Gasteiger partial charge in [-0.2, -0.15) is 0 Å². The highest BCUT2D eigenvalue weighted by Crippen LogP contribution is 2.29. The van der Waals surface area contributed by atoms with E-state index < -0.39 is 4.92 Å². The number of benzene rings is 2. The van der Waals surface area contributed by atoms with E-state index in [0.717, 1.165) is 27.8 Å². The highest BCUT2D eigenvalue weighted by Gasteiger charge is 2.11. The minimum atomic E-state index is -0.490. The van der Waals surface area contributed by atoms with E-state index in [1.807, 2.05) is 18.2 Å². The molecule has 20 heavy (non-hydrogen) atoms. The molecule has 0 unspecified atom stereocenters. The van der Waals surface area contributed by atoms with E-state index in [9.17, 15) is 10.1 Å². The summed E-state index contributed by atoms with van der Waals surface area (Å²) in [6, 6.07) is 10.6. The maximum absolute atomic E-state index is 10.7. The summed E-state index contributed by atoms with van der Waals surface area (Å²) >= 11 is 3.44. The molecule has 0 radical (unpaired) electrons. The Labute approximate surface area is 125 Å². The monoisotopic (exact) mass is 335 g/mol. The van der Waals surface area contributed by atoms with Crippen LogP contribution in [0.15, 0.2) is 40.9 Å². The molecule has 0 aliphatic carbocycles. The molecule has 3 N–H and O–H groups in total. The Morgan fingerprint density at radius 1 is 1.30 bits per heavy atom. The van der Waals surface area contributed by atoms with Crippen molar-refractivity contribution in [1.29, 1.82) is 0 Å². The number of rotatable bonds is 4. The van der Waals surface area contributed by atoms with E-state index in [1.54, 1.807) is 12.1 Å². The molecule has 0 saturated carbocycles. The number of nitrogen functional groups attached to an aromatic ring is 1. The molecule has 0 bridgehead atoms. The molecule has 0 spiro atoms. The minimum Gasteiger partial charge on any atom is -0.393 e. The van der Waals surface area contributed by atoms with E-state index in [1.165, 1.54) is 6.07 Å². The van der Waals surface area contributed by atoms with Gasteiger partial charge in [-0.3, -0.25) is 10.1 Å². The first-order valence-electron chi connectivity index (χ1n) is 6.10. The van der Waals surface area contributed by atoms with Gasteiger partial charge in [0.25, 0.3) is 5.69 Å². The molecule has 6 heteroatoms. The molecule has 0 aliphatic rings. The second-order valence-electron chi connectivity index (χ2n) is 4.31. The molecule has 2 aromatic rings. The van der Waals surface area contributed by atoms with E-state index >= 15 is 0 Å². The number of nitro groups is 1. The molecule has 0 fully saturated rings. The smallest absolute Gasteiger partial charge is 0.292 e. The summed E-state index contributed by atoms with van der Waals surface area (Å²) in [4.78, 5) is 10.2. The average molecular weight is 336 g/mol. The molecule has 0 heterocycles. The zero-order valence-electron chi connectivity index (χ0n) is 10.9. The number of nitrogens with two attached hydrogens (primary N) is 1. The summed E-state index contributed by atoms with van der Waals surface area (Å²) in [6.45, 7) is 2.07. The van der Waals surface area contributed by atoms with Gasteiger partial charge in [-0.05, 0) is 42.3 Å².